The third-order valence-electron chi connectivity index (χ3n) is 4.37. The number of para-hydroxylation sites is 1. The predicted molar refractivity (Wildman–Crippen MR) is 82.7 cm³/mol. The highest BCUT2D eigenvalue weighted by Crippen LogP contribution is 2.23. The lowest BCUT2D eigenvalue weighted by Crippen LogP contribution is -2.44. The van der Waals surface area contributed by atoms with Crippen molar-refractivity contribution in [3.8, 4) is 0 Å². The Morgan fingerprint density at radius 3 is 2.57 bits per heavy atom. The summed E-state index contributed by atoms with van der Waals surface area (Å²) in [5, 5.41) is 10.3. The maximum absolute atomic E-state index is 11.4. The van der Waals surface area contributed by atoms with Gasteiger partial charge in [0.1, 0.15) is 0 Å². The van der Waals surface area contributed by atoms with Crippen LogP contribution in [0.3, 0.4) is 0 Å². The summed E-state index contributed by atoms with van der Waals surface area (Å²) in [5.41, 5.74) is 2.36. The van der Waals surface area contributed by atoms with Crippen molar-refractivity contribution in [3.05, 3.63) is 35.5 Å². The first-order chi connectivity index (χ1) is 10.1. The van der Waals surface area contributed by atoms with Crippen LogP contribution in [0.25, 0.3) is 10.9 Å². The van der Waals surface area contributed by atoms with Gasteiger partial charge in [-0.1, -0.05) is 12.1 Å². The van der Waals surface area contributed by atoms with E-state index in [0.29, 0.717) is 5.56 Å². The molecule has 0 aliphatic carbocycles. The van der Waals surface area contributed by atoms with Gasteiger partial charge in [-0.05, 0) is 19.2 Å². The zero-order valence-corrected chi connectivity index (χ0v) is 12.5. The molecule has 1 aromatic carbocycles. The average molecular weight is 287 g/mol. The molecule has 5 heteroatoms. The molecule has 112 valence electrons. The standard InChI is InChI=1S/C16H21N3O2/c1-17-6-8-19(9-7-17)11-13-10-12-4-3-5-14(16(20)21)15(12)18(13)2/h3-5,10H,6-9,11H2,1-2H3,(H,20,21). The molecule has 21 heavy (non-hydrogen) atoms. The maximum Gasteiger partial charge on any atom is 0.337 e. The maximum atomic E-state index is 11.4. The lowest BCUT2D eigenvalue weighted by Gasteiger charge is -2.32. The molecule has 0 amide bonds. The van der Waals surface area contributed by atoms with Crippen molar-refractivity contribution in [2.75, 3.05) is 33.2 Å². The minimum atomic E-state index is -0.868. The molecule has 1 saturated heterocycles. The number of hydrogen-bond acceptors (Lipinski definition) is 3. The first-order valence-corrected chi connectivity index (χ1v) is 7.28. The van der Waals surface area contributed by atoms with E-state index in [9.17, 15) is 9.90 Å². The van der Waals surface area contributed by atoms with Crippen LogP contribution in [-0.4, -0.2) is 58.7 Å². The van der Waals surface area contributed by atoms with Crippen molar-refractivity contribution in [2.45, 2.75) is 6.54 Å². The molecule has 5 nitrogen and oxygen atoms in total. The molecule has 0 bridgehead atoms. The fourth-order valence-electron chi connectivity index (χ4n) is 3.03. The van der Waals surface area contributed by atoms with E-state index in [2.05, 4.69) is 22.9 Å². The van der Waals surface area contributed by atoms with Crippen LogP contribution in [0, 0.1) is 0 Å². The minimum Gasteiger partial charge on any atom is -0.478 e. The fourth-order valence-corrected chi connectivity index (χ4v) is 3.03. The van der Waals surface area contributed by atoms with Crippen LogP contribution < -0.4 is 0 Å². The quantitative estimate of drug-likeness (QED) is 0.932. The number of carboxylic acids is 1. The second kappa shape index (κ2) is 5.50. The van der Waals surface area contributed by atoms with Gasteiger partial charge in [0, 0.05) is 50.9 Å². The van der Waals surface area contributed by atoms with Gasteiger partial charge in [0.25, 0.3) is 0 Å². The Bertz CT molecular complexity index is 669. The van der Waals surface area contributed by atoms with Gasteiger partial charge in [-0.25, -0.2) is 4.79 Å². The fraction of sp³-hybridized carbons (Fsp3) is 0.438. The largest absolute Gasteiger partial charge is 0.478 e. The Balaban J connectivity index is 1.91. The summed E-state index contributed by atoms with van der Waals surface area (Å²) in [6.45, 7) is 5.17. The molecule has 1 fully saturated rings. The van der Waals surface area contributed by atoms with Crippen LogP contribution in [0.4, 0.5) is 0 Å². The zero-order chi connectivity index (χ0) is 15.0. The van der Waals surface area contributed by atoms with Crippen molar-refractivity contribution in [3.63, 3.8) is 0 Å². The van der Waals surface area contributed by atoms with Gasteiger partial charge in [0.15, 0.2) is 0 Å². The average Bonchev–Trinajstić information content (AvgIpc) is 2.78. The van der Waals surface area contributed by atoms with E-state index in [1.165, 1.54) is 5.69 Å². The first kappa shape index (κ1) is 14.1. The van der Waals surface area contributed by atoms with E-state index in [-0.39, 0.29) is 0 Å². The topological polar surface area (TPSA) is 48.7 Å². The third kappa shape index (κ3) is 2.66. The van der Waals surface area contributed by atoms with Crippen LogP contribution in [0.5, 0.6) is 0 Å². The van der Waals surface area contributed by atoms with E-state index in [1.807, 2.05) is 23.7 Å². The summed E-state index contributed by atoms with van der Waals surface area (Å²) >= 11 is 0. The Morgan fingerprint density at radius 1 is 1.19 bits per heavy atom. The monoisotopic (exact) mass is 287 g/mol. The number of nitrogens with zero attached hydrogens (tertiary/aromatic N) is 3. The molecule has 1 aromatic heterocycles. The number of rotatable bonds is 3. The van der Waals surface area contributed by atoms with Crippen LogP contribution >= 0.6 is 0 Å². The number of aromatic nitrogens is 1. The van der Waals surface area contributed by atoms with Crippen molar-refractivity contribution in [2.24, 2.45) is 7.05 Å². The molecule has 0 atom stereocenters. The molecule has 2 aromatic rings. The summed E-state index contributed by atoms with van der Waals surface area (Å²) < 4.78 is 2.02. The van der Waals surface area contributed by atoms with Crippen molar-refractivity contribution in [1.82, 2.24) is 14.4 Å². The number of benzene rings is 1. The number of aromatic carboxylic acids is 1. The van der Waals surface area contributed by atoms with E-state index >= 15 is 0 Å². The van der Waals surface area contributed by atoms with E-state index < -0.39 is 5.97 Å². The molecule has 0 radical (unpaired) electrons. The second-order valence-corrected chi connectivity index (χ2v) is 5.82. The Morgan fingerprint density at radius 2 is 1.90 bits per heavy atom. The molecular formula is C16H21N3O2. The summed E-state index contributed by atoms with van der Waals surface area (Å²) in [6.07, 6.45) is 0. The zero-order valence-electron chi connectivity index (χ0n) is 12.5. The third-order valence-corrected chi connectivity index (χ3v) is 4.37. The van der Waals surface area contributed by atoms with Crippen LogP contribution in [0.2, 0.25) is 0 Å². The summed E-state index contributed by atoms with van der Waals surface area (Å²) in [4.78, 5) is 16.1. The number of piperazine rings is 1. The summed E-state index contributed by atoms with van der Waals surface area (Å²) in [6, 6.07) is 7.57. The van der Waals surface area contributed by atoms with Crippen LogP contribution in [-0.2, 0) is 13.6 Å². The lowest BCUT2D eigenvalue weighted by atomic mass is 10.1. The normalized spacial score (nSPS) is 17.4. The predicted octanol–water partition coefficient (Wildman–Crippen LogP) is 1.62. The number of aryl methyl sites for hydroxylation is 1. The lowest BCUT2D eigenvalue weighted by molar-refractivity contribution is 0.0698. The number of hydrogen-bond donors (Lipinski definition) is 1. The molecule has 0 spiro atoms. The van der Waals surface area contributed by atoms with Crippen LogP contribution in [0.1, 0.15) is 16.1 Å². The highest BCUT2D eigenvalue weighted by molar-refractivity contribution is 6.02. The van der Waals surface area contributed by atoms with Gasteiger partial charge >= 0.3 is 5.97 Å². The number of carboxylic acid groups (broad SMARTS) is 1. The highest BCUT2D eigenvalue weighted by Gasteiger charge is 2.18. The smallest absolute Gasteiger partial charge is 0.337 e. The summed E-state index contributed by atoms with van der Waals surface area (Å²) in [5.74, 6) is -0.868. The molecule has 1 aliphatic heterocycles. The van der Waals surface area contributed by atoms with E-state index in [4.69, 9.17) is 0 Å². The number of carbonyl (C=O) groups is 1. The van der Waals surface area contributed by atoms with Crippen molar-refractivity contribution in [1.29, 1.82) is 0 Å². The highest BCUT2D eigenvalue weighted by atomic mass is 16.4. The molecule has 3 rings (SSSR count). The first-order valence-electron chi connectivity index (χ1n) is 7.28. The molecular weight excluding hydrogens is 266 g/mol. The molecule has 2 heterocycles. The molecule has 1 N–H and O–H groups in total. The van der Waals surface area contributed by atoms with Crippen molar-refractivity contribution < 1.29 is 9.90 Å². The Hall–Kier alpha value is -1.85. The van der Waals surface area contributed by atoms with Gasteiger partial charge in [-0.15, -0.1) is 0 Å². The molecule has 0 unspecified atom stereocenters. The van der Waals surface area contributed by atoms with Crippen LogP contribution in [0.15, 0.2) is 24.3 Å². The van der Waals surface area contributed by atoms with Gasteiger partial charge < -0.3 is 14.6 Å². The van der Waals surface area contributed by atoms with Gasteiger partial charge in [0.2, 0.25) is 0 Å². The molecule has 1 aliphatic rings. The number of likely N-dealkylation sites (N-methyl/N-ethyl adjacent to an activating group) is 1. The van der Waals surface area contributed by atoms with Crippen molar-refractivity contribution >= 4 is 16.9 Å². The Kier molecular flexibility index (Phi) is 3.69. The van der Waals surface area contributed by atoms with Gasteiger partial charge in [-0.2, -0.15) is 0 Å². The SMILES string of the molecule is CN1CCN(Cc2cc3cccc(C(=O)O)c3n2C)CC1. The Labute approximate surface area is 124 Å². The molecule has 0 saturated carbocycles. The summed E-state index contributed by atoms with van der Waals surface area (Å²) in [7, 11) is 4.10. The van der Waals surface area contributed by atoms with E-state index in [0.717, 1.165) is 43.6 Å². The van der Waals surface area contributed by atoms with Gasteiger partial charge in [0.05, 0.1) is 11.1 Å². The second-order valence-electron chi connectivity index (χ2n) is 5.82. The minimum absolute atomic E-state index is 0.375. The van der Waals surface area contributed by atoms with Gasteiger partial charge in [-0.3, -0.25) is 4.90 Å². The van der Waals surface area contributed by atoms with E-state index in [1.54, 1.807) is 6.07 Å². The number of fused-ring (bicyclic) bond motifs is 1.